The van der Waals surface area contributed by atoms with Crippen LogP contribution < -0.4 is 5.32 Å². The Hall–Kier alpha value is -2.88. The third kappa shape index (κ3) is 5.81. The average Bonchev–Trinajstić information content (AvgIpc) is 3.15. The van der Waals surface area contributed by atoms with Gasteiger partial charge in [0.2, 0.25) is 5.91 Å². The van der Waals surface area contributed by atoms with Crippen LogP contribution in [0.2, 0.25) is 0 Å². The van der Waals surface area contributed by atoms with E-state index in [-0.39, 0.29) is 17.4 Å². The van der Waals surface area contributed by atoms with Gasteiger partial charge < -0.3 is 9.73 Å². The quantitative estimate of drug-likeness (QED) is 0.587. The Labute approximate surface area is 167 Å². The molecule has 0 aliphatic rings. The summed E-state index contributed by atoms with van der Waals surface area (Å²) < 4.78 is 5.80. The molecule has 4 nitrogen and oxygen atoms in total. The molecule has 1 amide bonds. The van der Waals surface area contributed by atoms with Crippen LogP contribution in [0.15, 0.2) is 71.3 Å². The molecule has 1 aromatic heterocycles. The van der Waals surface area contributed by atoms with Crippen LogP contribution in [0, 0.1) is 5.41 Å². The van der Waals surface area contributed by atoms with Crippen LogP contribution in [-0.4, -0.2) is 10.9 Å². The summed E-state index contributed by atoms with van der Waals surface area (Å²) in [7, 11) is 0. The maximum Gasteiger partial charge on any atom is 0.220 e. The molecule has 0 radical (unpaired) electrons. The zero-order valence-electron chi connectivity index (χ0n) is 16.8. The van der Waals surface area contributed by atoms with Crippen molar-refractivity contribution >= 4 is 5.91 Å². The lowest BCUT2D eigenvalue weighted by Crippen LogP contribution is -2.31. The molecule has 2 aromatic carbocycles. The first-order valence-corrected chi connectivity index (χ1v) is 9.75. The highest BCUT2D eigenvalue weighted by molar-refractivity contribution is 5.76. The maximum absolute atomic E-state index is 12.6. The van der Waals surface area contributed by atoms with Crippen LogP contribution in [0.25, 0.3) is 11.3 Å². The number of hydrogen-bond acceptors (Lipinski definition) is 3. The van der Waals surface area contributed by atoms with Crippen LogP contribution >= 0.6 is 0 Å². The number of carbonyl (C=O) groups is 1. The fraction of sp³-hybridized carbons (Fsp3) is 0.333. The summed E-state index contributed by atoms with van der Waals surface area (Å²) in [6.07, 6.45) is 3.42. The van der Waals surface area contributed by atoms with E-state index in [2.05, 4.69) is 43.2 Å². The molecular weight excluding hydrogens is 348 g/mol. The maximum atomic E-state index is 12.6. The van der Waals surface area contributed by atoms with Gasteiger partial charge >= 0.3 is 0 Å². The Morgan fingerprint density at radius 3 is 2.32 bits per heavy atom. The summed E-state index contributed by atoms with van der Waals surface area (Å²) in [5, 5.41) is 3.19. The molecule has 1 atom stereocenters. The number of nitrogens with one attached hydrogen (secondary N) is 1. The van der Waals surface area contributed by atoms with Crippen molar-refractivity contribution in [2.75, 3.05) is 0 Å². The lowest BCUT2D eigenvalue weighted by atomic mass is 9.85. The number of benzene rings is 2. The minimum Gasteiger partial charge on any atom is -0.441 e. The van der Waals surface area contributed by atoms with Crippen LogP contribution in [0.1, 0.15) is 51.1 Å². The standard InChI is InChI=1S/C24H28N2O2/c1-24(2,3)16-20(18-10-6-4-7-11-18)26-22(27)14-15-23-25-17-21(28-23)19-12-8-5-9-13-19/h4-13,17,20H,14-16H2,1-3H3,(H,26,27). The molecule has 0 bridgehead atoms. The molecule has 1 N–H and O–H groups in total. The lowest BCUT2D eigenvalue weighted by molar-refractivity contribution is -0.122. The first kappa shape index (κ1) is 19.9. The first-order valence-electron chi connectivity index (χ1n) is 9.75. The molecule has 3 aromatic rings. The summed E-state index contributed by atoms with van der Waals surface area (Å²) in [5.41, 5.74) is 2.23. The van der Waals surface area contributed by atoms with Gasteiger partial charge in [0.15, 0.2) is 11.7 Å². The second kappa shape index (κ2) is 8.87. The van der Waals surface area contributed by atoms with E-state index in [0.717, 1.165) is 23.3 Å². The normalized spacial score (nSPS) is 12.5. The monoisotopic (exact) mass is 376 g/mol. The second-order valence-corrected chi connectivity index (χ2v) is 8.28. The predicted molar refractivity (Wildman–Crippen MR) is 112 cm³/mol. The van der Waals surface area contributed by atoms with E-state index in [0.29, 0.717) is 18.7 Å². The lowest BCUT2D eigenvalue weighted by Gasteiger charge is -2.27. The Morgan fingerprint density at radius 1 is 1.04 bits per heavy atom. The molecule has 0 fully saturated rings. The van der Waals surface area contributed by atoms with Crippen molar-refractivity contribution < 1.29 is 9.21 Å². The van der Waals surface area contributed by atoms with Gasteiger partial charge in [-0.25, -0.2) is 4.98 Å². The smallest absolute Gasteiger partial charge is 0.220 e. The number of aromatic nitrogens is 1. The van der Waals surface area contributed by atoms with Crippen LogP contribution in [0.5, 0.6) is 0 Å². The van der Waals surface area contributed by atoms with Crippen LogP contribution in [0.4, 0.5) is 0 Å². The topological polar surface area (TPSA) is 55.1 Å². The fourth-order valence-corrected chi connectivity index (χ4v) is 3.20. The Bertz CT molecular complexity index is 880. The van der Waals surface area contributed by atoms with Gasteiger partial charge in [0.05, 0.1) is 12.2 Å². The van der Waals surface area contributed by atoms with E-state index in [4.69, 9.17) is 4.42 Å². The Kier molecular flexibility index (Phi) is 6.30. The molecule has 0 saturated carbocycles. The molecule has 0 spiro atoms. The third-order valence-electron chi connectivity index (χ3n) is 4.53. The van der Waals surface area contributed by atoms with Gasteiger partial charge in [0, 0.05) is 18.4 Å². The highest BCUT2D eigenvalue weighted by Gasteiger charge is 2.22. The van der Waals surface area contributed by atoms with Gasteiger partial charge in [-0.1, -0.05) is 81.4 Å². The molecule has 3 rings (SSSR count). The van der Waals surface area contributed by atoms with Crippen molar-refractivity contribution in [3.8, 4) is 11.3 Å². The molecule has 146 valence electrons. The second-order valence-electron chi connectivity index (χ2n) is 8.28. The molecule has 4 heteroatoms. The predicted octanol–water partition coefficient (Wildman–Crippen LogP) is 5.57. The summed E-state index contributed by atoms with van der Waals surface area (Å²) in [6, 6.07) is 20.0. The van der Waals surface area contributed by atoms with Crippen molar-refractivity contribution in [2.24, 2.45) is 5.41 Å². The highest BCUT2D eigenvalue weighted by atomic mass is 16.4. The zero-order chi connectivity index (χ0) is 20.0. The summed E-state index contributed by atoms with van der Waals surface area (Å²) >= 11 is 0. The molecule has 1 heterocycles. The van der Waals surface area contributed by atoms with E-state index >= 15 is 0 Å². The van der Waals surface area contributed by atoms with Crippen LogP contribution in [-0.2, 0) is 11.2 Å². The highest BCUT2D eigenvalue weighted by Crippen LogP contribution is 2.29. The number of nitrogens with zero attached hydrogens (tertiary/aromatic N) is 1. The zero-order valence-corrected chi connectivity index (χ0v) is 16.8. The Balaban J connectivity index is 1.60. The van der Waals surface area contributed by atoms with E-state index in [1.54, 1.807) is 6.20 Å². The van der Waals surface area contributed by atoms with Crippen molar-refractivity contribution in [3.63, 3.8) is 0 Å². The van der Waals surface area contributed by atoms with Gasteiger partial charge in [-0.15, -0.1) is 0 Å². The number of oxazole rings is 1. The first-order chi connectivity index (χ1) is 13.4. The van der Waals surface area contributed by atoms with E-state index in [9.17, 15) is 4.79 Å². The van der Waals surface area contributed by atoms with Crippen molar-refractivity contribution in [2.45, 2.75) is 46.1 Å². The molecule has 28 heavy (non-hydrogen) atoms. The number of rotatable bonds is 7. The summed E-state index contributed by atoms with van der Waals surface area (Å²) in [5.74, 6) is 1.32. The number of hydrogen-bond donors (Lipinski definition) is 1. The molecule has 0 aliphatic heterocycles. The molecule has 0 saturated heterocycles. The molecular formula is C24H28N2O2. The van der Waals surface area contributed by atoms with E-state index in [1.807, 2.05) is 48.5 Å². The number of carbonyl (C=O) groups excluding carboxylic acids is 1. The average molecular weight is 377 g/mol. The third-order valence-corrected chi connectivity index (χ3v) is 4.53. The van der Waals surface area contributed by atoms with Crippen molar-refractivity contribution in [1.29, 1.82) is 0 Å². The number of amides is 1. The molecule has 1 unspecified atom stereocenters. The minimum absolute atomic E-state index is 0.00172. The van der Waals surface area contributed by atoms with Gasteiger partial charge in [-0.3, -0.25) is 4.79 Å². The van der Waals surface area contributed by atoms with Gasteiger partial charge in [0.1, 0.15) is 0 Å². The van der Waals surface area contributed by atoms with Gasteiger partial charge in [-0.2, -0.15) is 0 Å². The van der Waals surface area contributed by atoms with E-state index < -0.39 is 0 Å². The SMILES string of the molecule is CC(C)(C)CC(NC(=O)CCc1ncc(-c2ccccc2)o1)c1ccccc1. The van der Waals surface area contributed by atoms with Gasteiger partial charge in [-0.05, 0) is 17.4 Å². The molecule has 0 aliphatic carbocycles. The number of aryl methyl sites for hydroxylation is 1. The fourth-order valence-electron chi connectivity index (χ4n) is 3.20. The minimum atomic E-state index is -0.00172. The van der Waals surface area contributed by atoms with E-state index in [1.165, 1.54) is 0 Å². The Morgan fingerprint density at radius 2 is 1.68 bits per heavy atom. The largest absolute Gasteiger partial charge is 0.441 e. The summed E-state index contributed by atoms with van der Waals surface area (Å²) in [4.78, 5) is 16.9. The van der Waals surface area contributed by atoms with Crippen molar-refractivity contribution in [1.82, 2.24) is 10.3 Å². The van der Waals surface area contributed by atoms with Crippen LogP contribution in [0.3, 0.4) is 0 Å². The summed E-state index contributed by atoms with van der Waals surface area (Å²) in [6.45, 7) is 6.56. The van der Waals surface area contributed by atoms with Gasteiger partial charge in [0.25, 0.3) is 0 Å². The van der Waals surface area contributed by atoms with Crippen molar-refractivity contribution in [3.05, 3.63) is 78.3 Å².